The first kappa shape index (κ1) is 18.6. The van der Waals surface area contributed by atoms with E-state index in [1.807, 2.05) is 0 Å². The molecule has 1 atom stereocenters. The highest BCUT2D eigenvalue weighted by molar-refractivity contribution is 7.89. The second kappa shape index (κ2) is 6.53. The minimum atomic E-state index is -4.70. The van der Waals surface area contributed by atoms with E-state index in [1.54, 1.807) is 0 Å². The summed E-state index contributed by atoms with van der Waals surface area (Å²) in [6.07, 6.45) is -1.43. The molecule has 11 heteroatoms. The van der Waals surface area contributed by atoms with Crippen molar-refractivity contribution in [3.05, 3.63) is 59.4 Å². The third-order valence-corrected chi connectivity index (χ3v) is 5.91. The summed E-state index contributed by atoms with van der Waals surface area (Å²) < 4.78 is 69.2. The van der Waals surface area contributed by atoms with Crippen LogP contribution in [0.5, 0.6) is 0 Å². The lowest BCUT2D eigenvalue weighted by Gasteiger charge is -2.33. The number of sulfonamides is 1. The molecular weight excluding hydrogens is 393 g/mol. The minimum absolute atomic E-state index is 0.0218. The maximum absolute atomic E-state index is 15.4. The van der Waals surface area contributed by atoms with Gasteiger partial charge in [-0.1, -0.05) is 23.7 Å². The molecule has 26 heavy (non-hydrogen) atoms. The Labute approximate surface area is 151 Å². The van der Waals surface area contributed by atoms with E-state index in [1.165, 1.54) is 30.5 Å². The topological polar surface area (TPSA) is 67.6 Å². The molecule has 2 aromatic heterocycles. The number of alkyl halides is 3. The van der Waals surface area contributed by atoms with Crippen LogP contribution in [0.15, 0.2) is 53.8 Å². The highest BCUT2D eigenvalue weighted by atomic mass is 35.5. The van der Waals surface area contributed by atoms with Crippen molar-refractivity contribution in [2.75, 3.05) is 7.05 Å². The Balaban J connectivity index is 2.14. The number of hydrogen-bond acceptors (Lipinski definition) is 4. The average Bonchev–Trinajstić information content (AvgIpc) is 3.05. The van der Waals surface area contributed by atoms with Gasteiger partial charge in [0.05, 0.1) is 6.20 Å². The summed E-state index contributed by atoms with van der Waals surface area (Å²) in [7, 11) is -3.97. The van der Waals surface area contributed by atoms with Gasteiger partial charge >= 0.3 is 0 Å². The molecule has 0 radical (unpaired) electrons. The number of halogens is 4. The van der Waals surface area contributed by atoms with E-state index in [9.17, 15) is 17.2 Å². The Bertz CT molecular complexity index is 1040. The first-order chi connectivity index (χ1) is 12.2. The number of nitrogens with zero attached hydrogens (tertiary/aromatic N) is 4. The molecule has 0 spiro atoms. The molecule has 2 heterocycles. The fourth-order valence-corrected chi connectivity index (χ4v) is 3.91. The van der Waals surface area contributed by atoms with Crippen LogP contribution in [-0.2, 0) is 15.8 Å². The van der Waals surface area contributed by atoms with E-state index >= 15 is 4.39 Å². The second-order valence-corrected chi connectivity index (χ2v) is 7.70. The van der Waals surface area contributed by atoms with Crippen LogP contribution in [-0.4, -0.2) is 40.8 Å². The number of imidazole rings is 1. The molecule has 3 rings (SSSR count). The largest absolute Gasteiger partial charge is 0.290 e. The Morgan fingerprint density at radius 2 is 1.88 bits per heavy atom. The van der Waals surface area contributed by atoms with Gasteiger partial charge in [0.2, 0.25) is 0 Å². The molecule has 1 unspecified atom stereocenters. The van der Waals surface area contributed by atoms with Gasteiger partial charge in [0.25, 0.3) is 22.2 Å². The van der Waals surface area contributed by atoms with Gasteiger partial charge in [-0.25, -0.2) is 31.1 Å². The molecule has 3 aromatic rings. The molecule has 6 nitrogen and oxygen atoms in total. The quantitative estimate of drug-likeness (QED) is 0.613. The Kier molecular flexibility index (Phi) is 4.67. The maximum Gasteiger partial charge on any atom is 0.290 e. The monoisotopic (exact) mass is 404 g/mol. The van der Waals surface area contributed by atoms with Crippen LogP contribution < -0.4 is 0 Å². The van der Waals surface area contributed by atoms with Gasteiger partial charge < -0.3 is 0 Å². The SMILES string of the molecule is CN(C(F)(c1ccc(Cl)cc1)C(F)F)S(=O)(=O)c1cnc2cccnn12. The molecule has 0 saturated heterocycles. The van der Waals surface area contributed by atoms with Crippen molar-refractivity contribution in [2.45, 2.75) is 17.2 Å². The van der Waals surface area contributed by atoms with Crippen LogP contribution in [0.3, 0.4) is 0 Å². The lowest BCUT2D eigenvalue weighted by atomic mass is 10.1. The van der Waals surface area contributed by atoms with Crippen LogP contribution in [0.25, 0.3) is 5.65 Å². The number of benzene rings is 1. The smallest absolute Gasteiger partial charge is 0.234 e. The van der Waals surface area contributed by atoms with Crippen molar-refractivity contribution in [3.8, 4) is 0 Å². The van der Waals surface area contributed by atoms with Gasteiger partial charge in [0, 0.05) is 23.8 Å². The molecular formula is C15H12ClF3N4O2S. The maximum atomic E-state index is 15.4. The van der Waals surface area contributed by atoms with E-state index in [4.69, 9.17) is 11.6 Å². The predicted octanol–water partition coefficient (Wildman–Crippen LogP) is 3.09. The highest BCUT2D eigenvalue weighted by Crippen LogP contribution is 2.39. The van der Waals surface area contributed by atoms with Crippen molar-refractivity contribution >= 4 is 27.3 Å². The Morgan fingerprint density at radius 1 is 1.23 bits per heavy atom. The Hall–Kier alpha value is -2.17. The predicted molar refractivity (Wildman–Crippen MR) is 88.2 cm³/mol. The number of rotatable bonds is 5. The van der Waals surface area contributed by atoms with Gasteiger partial charge in [0.1, 0.15) is 0 Å². The summed E-state index contributed by atoms with van der Waals surface area (Å²) in [5, 5.41) is 3.48. The lowest BCUT2D eigenvalue weighted by molar-refractivity contribution is -0.104. The van der Waals surface area contributed by atoms with Crippen LogP contribution >= 0.6 is 11.6 Å². The number of hydrogen-bond donors (Lipinski definition) is 0. The number of aromatic nitrogens is 3. The standard InChI is InChI=1S/C15H12ClF3N4O2S/c1-22(15(19,14(17)18)10-4-6-11(16)7-5-10)26(24,25)13-9-20-12-3-2-8-21-23(12)13/h2-9,14H,1H3. The summed E-state index contributed by atoms with van der Waals surface area (Å²) in [6.45, 7) is 0. The number of fused-ring (bicyclic) bond motifs is 1. The van der Waals surface area contributed by atoms with Gasteiger partial charge in [-0.3, -0.25) is 0 Å². The summed E-state index contributed by atoms with van der Waals surface area (Å²) in [5.41, 5.74) is -0.378. The molecule has 0 amide bonds. The zero-order valence-corrected chi connectivity index (χ0v) is 14.8. The van der Waals surface area contributed by atoms with E-state index in [-0.39, 0.29) is 15.0 Å². The van der Waals surface area contributed by atoms with Crippen molar-refractivity contribution in [2.24, 2.45) is 0 Å². The third-order valence-electron chi connectivity index (χ3n) is 3.87. The van der Waals surface area contributed by atoms with E-state index in [2.05, 4.69) is 10.1 Å². The fraction of sp³-hybridized carbons (Fsp3) is 0.200. The minimum Gasteiger partial charge on any atom is -0.234 e. The van der Waals surface area contributed by atoms with Crippen molar-refractivity contribution in [1.29, 1.82) is 0 Å². The molecule has 0 aliphatic carbocycles. The molecule has 0 bridgehead atoms. The molecule has 0 fully saturated rings. The molecule has 0 aliphatic heterocycles. The summed E-state index contributed by atoms with van der Waals surface area (Å²) in [5.74, 6) is -3.61. The van der Waals surface area contributed by atoms with Gasteiger partial charge in [-0.15, -0.1) is 0 Å². The second-order valence-electron chi connectivity index (χ2n) is 5.34. The highest BCUT2D eigenvalue weighted by Gasteiger charge is 2.52. The summed E-state index contributed by atoms with van der Waals surface area (Å²) in [4.78, 5) is 3.85. The zero-order chi connectivity index (χ0) is 19.1. The molecule has 0 saturated carbocycles. The van der Waals surface area contributed by atoms with Gasteiger partial charge in [-0.05, 0) is 24.3 Å². The summed E-state index contributed by atoms with van der Waals surface area (Å²) >= 11 is 5.70. The molecule has 0 aliphatic rings. The lowest BCUT2D eigenvalue weighted by Crippen LogP contribution is -2.49. The Morgan fingerprint density at radius 3 is 2.50 bits per heavy atom. The average molecular weight is 405 g/mol. The first-order valence-electron chi connectivity index (χ1n) is 7.20. The first-order valence-corrected chi connectivity index (χ1v) is 9.01. The van der Waals surface area contributed by atoms with Crippen molar-refractivity contribution in [1.82, 2.24) is 18.9 Å². The van der Waals surface area contributed by atoms with Crippen LogP contribution in [0, 0.1) is 0 Å². The van der Waals surface area contributed by atoms with Gasteiger partial charge in [-0.2, -0.15) is 9.40 Å². The van der Waals surface area contributed by atoms with E-state index < -0.39 is 32.8 Å². The van der Waals surface area contributed by atoms with Crippen LogP contribution in [0.1, 0.15) is 5.56 Å². The van der Waals surface area contributed by atoms with Crippen molar-refractivity contribution in [3.63, 3.8) is 0 Å². The van der Waals surface area contributed by atoms with Crippen LogP contribution in [0.4, 0.5) is 13.2 Å². The third kappa shape index (κ3) is 2.83. The van der Waals surface area contributed by atoms with Gasteiger partial charge in [0.15, 0.2) is 10.7 Å². The molecule has 138 valence electrons. The summed E-state index contributed by atoms with van der Waals surface area (Å²) in [6, 6.07) is 7.41. The zero-order valence-electron chi connectivity index (χ0n) is 13.2. The normalized spacial score (nSPS) is 14.9. The molecule has 1 aromatic carbocycles. The van der Waals surface area contributed by atoms with Crippen LogP contribution in [0.2, 0.25) is 5.02 Å². The van der Waals surface area contributed by atoms with E-state index in [0.29, 0.717) is 0 Å². The van der Waals surface area contributed by atoms with Crippen molar-refractivity contribution < 1.29 is 21.6 Å². The van der Waals surface area contributed by atoms with E-state index in [0.717, 1.165) is 29.9 Å². The fourth-order valence-electron chi connectivity index (χ4n) is 2.43. The molecule has 0 N–H and O–H groups in total.